The minimum Gasteiger partial charge on any atom is -0.318 e. The highest BCUT2D eigenvalue weighted by molar-refractivity contribution is 9.11. The largest absolute Gasteiger partial charge is 0.318 e. The summed E-state index contributed by atoms with van der Waals surface area (Å²) in [5, 5.41) is 4.22. The molecule has 0 aliphatic carbocycles. The van der Waals surface area contributed by atoms with Crippen molar-refractivity contribution in [1.29, 1.82) is 0 Å². The van der Waals surface area contributed by atoms with Crippen LogP contribution in [0, 0.1) is 0 Å². The molecule has 0 aliphatic heterocycles. The smallest absolute Gasteiger partial charge is 0.0817 e. The SMILES string of the molecule is CCn1nccc1C(N)c1ccc(Br)s1. The molecule has 0 bridgehead atoms. The first-order valence-electron chi connectivity index (χ1n) is 4.75. The van der Waals surface area contributed by atoms with Gasteiger partial charge in [0.05, 0.1) is 15.5 Å². The molecule has 3 nitrogen and oxygen atoms in total. The number of halogens is 1. The maximum absolute atomic E-state index is 6.18. The lowest BCUT2D eigenvalue weighted by Crippen LogP contribution is -2.15. The lowest BCUT2D eigenvalue weighted by molar-refractivity contribution is 0.603. The number of nitrogens with zero attached hydrogens (tertiary/aromatic N) is 2. The second kappa shape index (κ2) is 4.47. The van der Waals surface area contributed by atoms with E-state index in [1.165, 1.54) is 0 Å². The Kier molecular flexibility index (Phi) is 3.23. The van der Waals surface area contributed by atoms with Gasteiger partial charge in [-0.05, 0) is 41.1 Å². The van der Waals surface area contributed by atoms with Crippen LogP contribution in [0.2, 0.25) is 0 Å². The van der Waals surface area contributed by atoms with Crippen molar-refractivity contribution in [2.45, 2.75) is 19.5 Å². The third-order valence-corrected chi connectivity index (χ3v) is 3.97. The minimum atomic E-state index is -0.0799. The lowest BCUT2D eigenvalue weighted by Gasteiger charge is -2.11. The first-order valence-corrected chi connectivity index (χ1v) is 6.36. The molecule has 80 valence electrons. The Morgan fingerprint density at radius 3 is 2.93 bits per heavy atom. The van der Waals surface area contributed by atoms with Gasteiger partial charge >= 0.3 is 0 Å². The van der Waals surface area contributed by atoms with Gasteiger partial charge in [-0.2, -0.15) is 5.10 Å². The first-order chi connectivity index (χ1) is 7.22. The van der Waals surface area contributed by atoms with Gasteiger partial charge in [-0.15, -0.1) is 11.3 Å². The zero-order valence-electron chi connectivity index (χ0n) is 8.35. The summed E-state index contributed by atoms with van der Waals surface area (Å²) in [6.45, 7) is 2.91. The van der Waals surface area contributed by atoms with Crippen molar-refractivity contribution in [2.24, 2.45) is 5.73 Å². The van der Waals surface area contributed by atoms with Gasteiger partial charge in [-0.1, -0.05) is 0 Å². The topological polar surface area (TPSA) is 43.8 Å². The molecule has 2 rings (SSSR count). The number of rotatable bonds is 3. The van der Waals surface area contributed by atoms with Crippen LogP contribution in [0.25, 0.3) is 0 Å². The monoisotopic (exact) mass is 285 g/mol. The van der Waals surface area contributed by atoms with Gasteiger partial charge in [0, 0.05) is 17.6 Å². The summed E-state index contributed by atoms with van der Waals surface area (Å²) in [6, 6.07) is 5.96. The van der Waals surface area contributed by atoms with E-state index in [0.29, 0.717) is 0 Å². The van der Waals surface area contributed by atoms with E-state index in [4.69, 9.17) is 5.73 Å². The van der Waals surface area contributed by atoms with E-state index < -0.39 is 0 Å². The summed E-state index contributed by atoms with van der Waals surface area (Å²) >= 11 is 5.10. The van der Waals surface area contributed by atoms with Gasteiger partial charge in [-0.25, -0.2) is 0 Å². The Hall–Kier alpha value is -0.650. The van der Waals surface area contributed by atoms with Gasteiger partial charge in [0.1, 0.15) is 0 Å². The van der Waals surface area contributed by atoms with Gasteiger partial charge in [0.15, 0.2) is 0 Å². The minimum absolute atomic E-state index is 0.0799. The van der Waals surface area contributed by atoms with E-state index in [1.54, 1.807) is 17.5 Å². The van der Waals surface area contributed by atoms with E-state index in [-0.39, 0.29) is 6.04 Å². The molecule has 0 amide bonds. The average Bonchev–Trinajstić information content (AvgIpc) is 2.84. The van der Waals surface area contributed by atoms with E-state index in [9.17, 15) is 0 Å². The maximum Gasteiger partial charge on any atom is 0.0817 e. The van der Waals surface area contributed by atoms with E-state index in [1.807, 2.05) is 22.9 Å². The van der Waals surface area contributed by atoms with Crippen LogP contribution in [-0.2, 0) is 6.54 Å². The fourth-order valence-electron chi connectivity index (χ4n) is 1.51. The highest BCUT2D eigenvalue weighted by atomic mass is 79.9. The number of aromatic nitrogens is 2. The molecular weight excluding hydrogens is 274 g/mol. The molecule has 2 N–H and O–H groups in total. The van der Waals surface area contributed by atoms with Crippen LogP contribution in [0.1, 0.15) is 23.5 Å². The molecule has 15 heavy (non-hydrogen) atoms. The molecule has 0 saturated heterocycles. The molecular formula is C10H12BrN3S. The van der Waals surface area contributed by atoms with Gasteiger partial charge in [0.25, 0.3) is 0 Å². The van der Waals surface area contributed by atoms with Crippen LogP contribution < -0.4 is 5.73 Å². The van der Waals surface area contributed by atoms with E-state index in [0.717, 1.165) is 20.9 Å². The van der Waals surface area contributed by atoms with E-state index >= 15 is 0 Å². The number of hydrogen-bond donors (Lipinski definition) is 1. The van der Waals surface area contributed by atoms with Crippen LogP contribution in [0.3, 0.4) is 0 Å². The van der Waals surface area contributed by atoms with Gasteiger partial charge in [-0.3, -0.25) is 4.68 Å². The van der Waals surface area contributed by atoms with Crippen LogP contribution in [0.15, 0.2) is 28.2 Å². The highest BCUT2D eigenvalue weighted by Gasteiger charge is 2.14. The van der Waals surface area contributed by atoms with Crippen molar-refractivity contribution in [2.75, 3.05) is 0 Å². The third-order valence-electron chi connectivity index (χ3n) is 2.27. The van der Waals surface area contributed by atoms with Gasteiger partial charge < -0.3 is 5.73 Å². The molecule has 5 heteroatoms. The second-order valence-electron chi connectivity index (χ2n) is 3.19. The van der Waals surface area contributed by atoms with Crippen molar-refractivity contribution < 1.29 is 0 Å². The molecule has 0 saturated carbocycles. The van der Waals surface area contributed by atoms with Crippen molar-refractivity contribution >= 4 is 27.3 Å². The number of aryl methyl sites for hydroxylation is 1. The maximum atomic E-state index is 6.18. The van der Waals surface area contributed by atoms with Crippen molar-refractivity contribution in [3.63, 3.8) is 0 Å². The fraction of sp³-hybridized carbons (Fsp3) is 0.300. The lowest BCUT2D eigenvalue weighted by atomic mass is 10.2. The number of hydrogen-bond acceptors (Lipinski definition) is 3. The molecule has 0 aliphatic rings. The Bertz CT molecular complexity index is 449. The quantitative estimate of drug-likeness (QED) is 0.943. The molecule has 1 atom stereocenters. The summed E-state index contributed by atoms with van der Waals surface area (Å²) in [5.41, 5.74) is 7.24. The molecule has 0 aromatic carbocycles. The molecule has 2 aromatic heterocycles. The van der Waals surface area contributed by atoms with Gasteiger partial charge in [0.2, 0.25) is 0 Å². The summed E-state index contributed by atoms with van der Waals surface area (Å²) in [5.74, 6) is 0. The molecule has 0 fully saturated rings. The zero-order valence-corrected chi connectivity index (χ0v) is 10.8. The predicted octanol–water partition coefficient (Wildman–Crippen LogP) is 2.78. The summed E-state index contributed by atoms with van der Waals surface area (Å²) in [6.07, 6.45) is 1.79. The molecule has 0 spiro atoms. The summed E-state index contributed by atoms with van der Waals surface area (Å²) < 4.78 is 3.04. The van der Waals surface area contributed by atoms with E-state index in [2.05, 4.69) is 28.0 Å². The van der Waals surface area contributed by atoms with Crippen LogP contribution in [0.4, 0.5) is 0 Å². The molecule has 2 heterocycles. The normalized spacial score (nSPS) is 13.0. The Morgan fingerprint density at radius 2 is 2.33 bits per heavy atom. The van der Waals surface area contributed by atoms with Crippen molar-refractivity contribution in [3.05, 3.63) is 38.8 Å². The second-order valence-corrected chi connectivity index (χ2v) is 5.69. The average molecular weight is 286 g/mol. The Balaban J connectivity index is 2.31. The Labute approximate surface area is 101 Å². The summed E-state index contributed by atoms with van der Waals surface area (Å²) in [4.78, 5) is 1.15. The first kappa shape index (κ1) is 10.9. The Morgan fingerprint density at radius 1 is 1.53 bits per heavy atom. The van der Waals surface area contributed by atoms with Crippen LogP contribution in [0.5, 0.6) is 0 Å². The summed E-state index contributed by atoms with van der Waals surface area (Å²) in [7, 11) is 0. The van der Waals surface area contributed by atoms with Crippen molar-refractivity contribution in [3.8, 4) is 0 Å². The predicted molar refractivity (Wildman–Crippen MR) is 66.0 cm³/mol. The van der Waals surface area contributed by atoms with Crippen molar-refractivity contribution in [1.82, 2.24) is 9.78 Å². The van der Waals surface area contributed by atoms with Crippen LogP contribution in [-0.4, -0.2) is 9.78 Å². The highest BCUT2D eigenvalue weighted by Crippen LogP contribution is 2.29. The zero-order chi connectivity index (χ0) is 10.8. The molecule has 1 unspecified atom stereocenters. The molecule has 2 aromatic rings. The fourth-order valence-corrected chi connectivity index (χ4v) is 2.95. The third kappa shape index (κ3) is 2.14. The standard InChI is InChI=1S/C10H12BrN3S/c1-2-14-7(5-6-13-14)10(12)8-3-4-9(11)15-8/h3-6,10H,2,12H2,1H3. The number of thiophene rings is 1. The molecule has 0 radical (unpaired) electrons. The van der Waals surface area contributed by atoms with Crippen LogP contribution >= 0.6 is 27.3 Å². The number of nitrogens with two attached hydrogens (primary N) is 1.